The van der Waals surface area contributed by atoms with E-state index < -0.39 is 17.8 Å². The quantitative estimate of drug-likeness (QED) is 0.241. The monoisotopic (exact) mass is 549 g/mol. The number of nitrogens with one attached hydrogen (secondary N) is 1. The number of amides is 1. The Labute approximate surface area is 230 Å². The van der Waals surface area contributed by atoms with Crippen LogP contribution in [0.2, 0.25) is 0 Å². The number of halogens is 1. The number of methoxy groups -OCH3 is 1. The summed E-state index contributed by atoms with van der Waals surface area (Å²) in [5, 5.41) is 18.0. The second-order valence-corrected chi connectivity index (χ2v) is 9.74. The van der Waals surface area contributed by atoms with Crippen LogP contribution in [0.4, 0.5) is 15.9 Å². The van der Waals surface area contributed by atoms with Crippen molar-refractivity contribution in [1.82, 2.24) is 24.6 Å². The Bertz CT molecular complexity index is 1480. The minimum absolute atomic E-state index is 0.245. The van der Waals surface area contributed by atoms with Crippen molar-refractivity contribution in [2.24, 2.45) is 5.73 Å². The molecule has 2 unspecified atom stereocenters. The number of aliphatic hydroxyl groups excluding tert-OH is 1. The number of carbonyl (C=O) groups is 1. The number of fused-ring (bicyclic) bond motifs is 1. The number of ether oxygens (including phenoxy) is 2. The van der Waals surface area contributed by atoms with Gasteiger partial charge in [0.05, 0.1) is 37.2 Å². The van der Waals surface area contributed by atoms with Gasteiger partial charge in [0, 0.05) is 30.7 Å². The number of piperidine rings is 1. The third-order valence-electron chi connectivity index (χ3n) is 6.84. The van der Waals surface area contributed by atoms with Crippen LogP contribution in [-0.2, 0) is 4.79 Å². The standard InChI is InChI=1S/C28H32FN7O4/c1-39-24-12-22-23(13-25(24)40-10-4-9-35-8-3-7-21(37)16-35)31-17-32-28(22)34-20-14-33-36(15-20)26(27(30)38)18-5-2-6-19(29)11-18/h2,5-6,11-15,17,21,26,37H,3-4,7-10,16H2,1H3,(H2,30,38)(H,31,32,34). The van der Waals surface area contributed by atoms with Gasteiger partial charge in [-0.05, 0) is 49.6 Å². The molecule has 3 heterocycles. The number of hydrogen-bond donors (Lipinski definition) is 3. The molecular weight excluding hydrogens is 517 g/mol. The van der Waals surface area contributed by atoms with Gasteiger partial charge >= 0.3 is 0 Å². The van der Waals surface area contributed by atoms with Crippen LogP contribution in [-0.4, -0.2) is 75.1 Å². The van der Waals surface area contributed by atoms with E-state index in [-0.39, 0.29) is 6.10 Å². The zero-order valence-electron chi connectivity index (χ0n) is 22.2. The molecule has 40 heavy (non-hydrogen) atoms. The lowest BCUT2D eigenvalue weighted by Crippen LogP contribution is -2.39. The van der Waals surface area contributed by atoms with Crippen molar-refractivity contribution in [3.8, 4) is 11.5 Å². The fourth-order valence-corrected chi connectivity index (χ4v) is 4.95. The minimum Gasteiger partial charge on any atom is -0.493 e. The zero-order chi connectivity index (χ0) is 28.1. The number of hydrogen-bond acceptors (Lipinski definition) is 9. The Kier molecular flexibility index (Phi) is 8.37. The molecule has 5 rings (SSSR count). The van der Waals surface area contributed by atoms with Crippen molar-refractivity contribution < 1.29 is 23.8 Å². The molecule has 11 nitrogen and oxygen atoms in total. The number of nitrogens with zero attached hydrogens (tertiary/aromatic N) is 5. The van der Waals surface area contributed by atoms with Gasteiger partial charge in [0.15, 0.2) is 17.5 Å². The normalized spacial score (nSPS) is 16.5. The fourth-order valence-electron chi connectivity index (χ4n) is 4.95. The maximum atomic E-state index is 13.8. The van der Waals surface area contributed by atoms with Gasteiger partial charge in [0.1, 0.15) is 18.0 Å². The molecule has 1 fully saturated rings. The molecule has 2 atom stereocenters. The highest BCUT2D eigenvalue weighted by molar-refractivity contribution is 5.93. The van der Waals surface area contributed by atoms with Crippen LogP contribution < -0.4 is 20.5 Å². The fraction of sp³-hybridized carbons (Fsp3) is 0.357. The van der Waals surface area contributed by atoms with Crippen LogP contribution in [0.15, 0.2) is 55.1 Å². The van der Waals surface area contributed by atoms with Crippen molar-refractivity contribution in [3.63, 3.8) is 0 Å². The molecule has 1 aliphatic rings. The first kappa shape index (κ1) is 27.3. The van der Waals surface area contributed by atoms with Gasteiger partial charge < -0.3 is 30.5 Å². The summed E-state index contributed by atoms with van der Waals surface area (Å²) in [6.45, 7) is 3.05. The SMILES string of the molecule is COc1cc2c(Nc3cnn(C(C(N)=O)c4cccc(F)c4)c3)ncnc2cc1OCCCN1CCCC(O)C1. The average Bonchev–Trinajstić information content (AvgIpc) is 3.38. The number of primary amides is 1. The Morgan fingerprint density at radius 2 is 2.15 bits per heavy atom. The lowest BCUT2D eigenvalue weighted by Gasteiger charge is -2.29. The Hall–Kier alpha value is -4.29. The predicted molar refractivity (Wildman–Crippen MR) is 147 cm³/mol. The largest absolute Gasteiger partial charge is 0.493 e. The summed E-state index contributed by atoms with van der Waals surface area (Å²) < 4.78 is 26.8. The predicted octanol–water partition coefficient (Wildman–Crippen LogP) is 3.02. The van der Waals surface area contributed by atoms with Crippen LogP contribution in [0.3, 0.4) is 0 Å². The van der Waals surface area contributed by atoms with E-state index in [0.717, 1.165) is 32.4 Å². The Morgan fingerprint density at radius 1 is 1.27 bits per heavy atom. The Morgan fingerprint density at radius 3 is 2.92 bits per heavy atom. The van der Waals surface area contributed by atoms with E-state index in [0.29, 0.717) is 52.6 Å². The molecule has 0 bridgehead atoms. The van der Waals surface area contributed by atoms with Gasteiger partial charge in [0.25, 0.3) is 0 Å². The number of aliphatic hydroxyl groups is 1. The van der Waals surface area contributed by atoms with Crippen LogP contribution in [0.25, 0.3) is 10.9 Å². The molecule has 0 saturated carbocycles. The van der Waals surface area contributed by atoms with E-state index >= 15 is 0 Å². The van der Waals surface area contributed by atoms with Crippen molar-refractivity contribution in [1.29, 1.82) is 0 Å². The summed E-state index contributed by atoms with van der Waals surface area (Å²) in [5.74, 6) is 0.471. The highest BCUT2D eigenvalue weighted by Gasteiger charge is 2.22. The zero-order valence-corrected chi connectivity index (χ0v) is 22.2. The average molecular weight is 550 g/mol. The number of rotatable bonds is 11. The van der Waals surface area contributed by atoms with Crippen molar-refractivity contribution in [2.75, 3.05) is 38.7 Å². The summed E-state index contributed by atoms with van der Waals surface area (Å²) in [4.78, 5) is 23.2. The van der Waals surface area contributed by atoms with Crippen LogP contribution in [0.1, 0.15) is 30.9 Å². The van der Waals surface area contributed by atoms with E-state index in [1.165, 1.54) is 35.4 Å². The van der Waals surface area contributed by atoms with E-state index in [1.807, 2.05) is 6.07 Å². The summed E-state index contributed by atoms with van der Waals surface area (Å²) in [6, 6.07) is 8.32. The number of β-amino-alcohol motifs (C(OH)–C–C–N with tert-alkyl or cyclic N) is 1. The molecular formula is C28H32FN7O4. The first-order valence-corrected chi connectivity index (χ1v) is 13.1. The summed E-state index contributed by atoms with van der Waals surface area (Å²) in [5.41, 5.74) is 7.20. The topological polar surface area (TPSA) is 141 Å². The van der Waals surface area contributed by atoms with E-state index in [2.05, 4.69) is 25.3 Å². The number of nitrogens with two attached hydrogens (primary N) is 1. The van der Waals surface area contributed by atoms with Crippen molar-refractivity contribution >= 4 is 28.3 Å². The molecule has 4 N–H and O–H groups in total. The highest BCUT2D eigenvalue weighted by Crippen LogP contribution is 2.35. The van der Waals surface area contributed by atoms with Gasteiger partial charge in [-0.25, -0.2) is 14.4 Å². The highest BCUT2D eigenvalue weighted by atomic mass is 19.1. The molecule has 12 heteroatoms. The van der Waals surface area contributed by atoms with Gasteiger partial charge in [-0.3, -0.25) is 9.48 Å². The van der Waals surface area contributed by atoms with Crippen LogP contribution in [0.5, 0.6) is 11.5 Å². The van der Waals surface area contributed by atoms with Crippen LogP contribution >= 0.6 is 0 Å². The molecule has 1 saturated heterocycles. The minimum atomic E-state index is -0.979. The lowest BCUT2D eigenvalue weighted by molar-refractivity contribution is -0.120. The molecule has 210 valence electrons. The molecule has 2 aromatic carbocycles. The maximum Gasteiger partial charge on any atom is 0.246 e. The summed E-state index contributed by atoms with van der Waals surface area (Å²) in [7, 11) is 1.57. The lowest BCUT2D eigenvalue weighted by atomic mass is 10.1. The number of likely N-dealkylation sites (tertiary alicyclic amines) is 1. The molecule has 0 radical (unpaired) electrons. The van der Waals surface area contributed by atoms with Gasteiger partial charge in [-0.2, -0.15) is 5.10 Å². The van der Waals surface area contributed by atoms with Gasteiger partial charge in [-0.15, -0.1) is 0 Å². The van der Waals surface area contributed by atoms with Crippen molar-refractivity contribution in [3.05, 3.63) is 66.5 Å². The van der Waals surface area contributed by atoms with Gasteiger partial charge in [-0.1, -0.05) is 12.1 Å². The van der Waals surface area contributed by atoms with E-state index in [1.54, 1.807) is 25.4 Å². The third kappa shape index (κ3) is 6.29. The van der Waals surface area contributed by atoms with E-state index in [4.69, 9.17) is 15.2 Å². The summed E-state index contributed by atoms with van der Waals surface area (Å²) >= 11 is 0. The number of aromatic nitrogens is 4. The Balaban J connectivity index is 1.30. The first-order chi connectivity index (χ1) is 19.4. The summed E-state index contributed by atoms with van der Waals surface area (Å²) in [6.07, 6.45) is 7.01. The maximum absolute atomic E-state index is 13.8. The number of carbonyl (C=O) groups excluding carboxylic acids is 1. The smallest absolute Gasteiger partial charge is 0.246 e. The van der Waals surface area contributed by atoms with Gasteiger partial charge in [0.2, 0.25) is 5.91 Å². The third-order valence-corrected chi connectivity index (χ3v) is 6.84. The molecule has 2 aromatic heterocycles. The molecule has 0 spiro atoms. The second kappa shape index (κ2) is 12.3. The van der Waals surface area contributed by atoms with E-state index in [9.17, 15) is 14.3 Å². The van der Waals surface area contributed by atoms with Crippen molar-refractivity contribution in [2.45, 2.75) is 31.4 Å². The number of benzene rings is 2. The number of anilines is 2. The second-order valence-electron chi connectivity index (χ2n) is 9.74. The molecule has 1 aliphatic heterocycles. The molecule has 0 aliphatic carbocycles. The first-order valence-electron chi connectivity index (χ1n) is 13.1. The van der Waals surface area contributed by atoms with Crippen LogP contribution in [0, 0.1) is 5.82 Å². The molecule has 1 amide bonds. The molecule has 4 aromatic rings.